The van der Waals surface area contributed by atoms with Gasteiger partial charge in [-0.1, -0.05) is 35.9 Å². The predicted octanol–water partition coefficient (Wildman–Crippen LogP) is 4.12. The molecular weight excluding hydrogens is 232 g/mol. The molecule has 1 nitrogen and oxygen atoms in total. The first-order valence-electron chi connectivity index (χ1n) is 5.58. The molecule has 0 saturated carbocycles. The van der Waals surface area contributed by atoms with E-state index in [1.807, 2.05) is 38.1 Å². The maximum absolute atomic E-state index is 9.28. The highest BCUT2D eigenvalue weighted by Gasteiger charge is 2.05. The molecule has 88 valence electrons. The van der Waals surface area contributed by atoms with E-state index in [9.17, 15) is 5.11 Å². The highest BCUT2D eigenvalue weighted by Crippen LogP contribution is 2.26. The summed E-state index contributed by atoms with van der Waals surface area (Å²) in [6, 6.07) is 12.0. The second-order valence-electron chi connectivity index (χ2n) is 4.25. The third-order valence-electron chi connectivity index (χ3n) is 3.03. The van der Waals surface area contributed by atoms with Crippen LogP contribution >= 0.6 is 11.6 Å². The van der Waals surface area contributed by atoms with E-state index in [2.05, 4.69) is 12.1 Å². The monoisotopic (exact) mass is 246 g/mol. The summed E-state index contributed by atoms with van der Waals surface area (Å²) < 4.78 is 0. The maximum Gasteiger partial charge on any atom is 0.0686 e. The van der Waals surface area contributed by atoms with Crippen LogP contribution < -0.4 is 0 Å². The van der Waals surface area contributed by atoms with Gasteiger partial charge in [-0.15, -0.1) is 0 Å². The van der Waals surface area contributed by atoms with Crippen molar-refractivity contribution < 1.29 is 5.11 Å². The standard InChI is InChI=1S/C15H15ClO/c1-10-7-13(8-11(2)15(10)9-17)12-3-5-14(16)6-4-12/h3-8,17H,9H2,1-2H3. The summed E-state index contributed by atoms with van der Waals surface area (Å²) in [6.45, 7) is 4.15. The number of aliphatic hydroxyl groups is 1. The summed E-state index contributed by atoms with van der Waals surface area (Å²) in [5.74, 6) is 0. The van der Waals surface area contributed by atoms with Gasteiger partial charge in [-0.25, -0.2) is 0 Å². The molecule has 0 radical (unpaired) electrons. The summed E-state index contributed by atoms with van der Waals surface area (Å²) >= 11 is 5.88. The van der Waals surface area contributed by atoms with E-state index < -0.39 is 0 Å². The van der Waals surface area contributed by atoms with Gasteiger partial charge in [-0.2, -0.15) is 0 Å². The van der Waals surface area contributed by atoms with Gasteiger partial charge in [0.2, 0.25) is 0 Å². The molecule has 17 heavy (non-hydrogen) atoms. The lowest BCUT2D eigenvalue weighted by Gasteiger charge is -2.11. The summed E-state index contributed by atoms with van der Waals surface area (Å²) in [5, 5.41) is 10.0. The van der Waals surface area contributed by atoms with Gasteiger partial charge < -0.3 is 5.11 Å². The summed E-state index contributed by atoms with van der Waals surface area (Å²) in [4.78, 5) is 0. The van der Waals surface area contributed by atoms with Crippen molar-refractivity contribution in [2.45, 2.75) is 20.5 Å². The van der Waals surface area contributed by atoms with Crippen molar-refractivity contribution >= 4 is 11.6 Å². The predicted molar refractivity (Wildman–Crippen MR) is 72.3 cm³/mol. The van der Waals surface area contributed by atoms with Crippen LogP contribution in [0, 0.1) is 13.8 Å². The van der Waals surface area contributed by atoms with E-state index in [4.69, 9.17) is 11.6 Å². The van der Waals surface area contributed by atoms with Crippen LogP contribution in [0.5, 0.6) is 0 Å². The highest BCUT2D eigenvalue weighted by atomic mass is 35.5. The van der Waals surface area contributed by atoms with Gasteiger partial charge in [0, 0.05) is 5.02 Å². The van der Waals surface area contributed by atoms with Crippen molar-refractivity contribution in [2.24, 2.45) is 0 Å². The Morgan fingerprint density at radius 1 is 0.941 bits per heavy atom. The fourth-order valence-corrected chi connectivity index (χ4v) is 2.18. The third-order valence-corrected chi connectivity index (χ3v) is 3.28. The SMILES string of the molecule is Cc1cc(-c2ccc(Cl)cc2)cc(C)c1CO. The van der Waals surface area contributed by atoms with Gasteiger partial charge >= 0.3 is 0 Å². The van der Waals surface area contributed by atoms with Gasteiger partial charge in [0.15, 0.2) is 0 Å². The number of hydrogen-bond acceptors (Lipinski definition) is 1. The normalized spacial score (nSPS) is 10.6. The van der Waals surface area contributed by atoms with E-state index in [1.54, 1.807) is 0 Å². The van der Waals surface area contributed by atoms with E-state index in [-0.39, 0.29) is 6.61 Å². The molecule has 0 aliphatic carbocycles. The van der Waals surface area contributed by atoms with Crippen LogP contribution in [0.25, 0.3) is 11.1 Å². The van der Waals surface area contributed by atoms with Gasteiger partial charge in [-0.05, 0) is 53.8 Å². The molecule has 0 bridgehead atoms. The number of benzene rings is 2. The molecule has 0 heterocycles. The topological polar surface area (TPSA) is 20.2 Å². The quantitative estimate of drug-likeness (QED) is 0.845. The summed E-state index contributed by atoms with van der Waals surface area (Å²) in [6.07, 6.45) is 0. The zero-order chi connectivity index (χ0) is 12.4. The molecule has 2 heteroatoms. The zero-order valence-electron chi connectivity index (χ0n) is 10.00. The molecule has 2 aromatic rings. The van der Waals surface area contributed by atoms with Crippen LogP contribution in [-0.4, -0.2) is 5.11 Å². The second kappa shape index (κ2) is 4.91. The van der Waals surface area contributed by atoms with Crippen LogP contribution in [-0.2, 0) is 6.61 Å². The number of aliphatic hydroxyl groups excluding tert-OH is 1. The van der Waals surface area contributed by atoms with E-state index in [0.717, 1.165) is 32.8 Å². The first-order chi connectivity index (χ1) is 8.11. The van der Waals surface area contributed by atoms with Crippen molar-refractivity contribution in [3.63, 3.8) is 0 Å². The van der Waals surface area contributed by atoms with E-state index in [1.165, 1.54) is 0 Å². The minimum atomic E-state index is 0.0958. The van der Waals surface area contributed by atoms with Crippen molar-refractivity contribution in [1.82, 2.24) is 0 Å². The molecule has 0 amide bonds. The minimum absolute atomic E-state index is 0.0958. The summed E-state index contributed by atoms with van der Waals surface area (Å²) in [7, 11) is 0. The Labute approximate surface area is 107 Å². The van der Waals surface area contributed by atoms with Gasteiger partial charge in [0.1, 0.15) is 0 Å². The van der Waals surface area contributed by atoms with Gasteiger partial charge in [-0.3, -0.25) is 0 Å². The molecule has 0 fully saturated rings. The lowest BCUT2D eigenvalue weighted by Crippen LogP contribution is -1.94. The zero-order valence-corrected chi connectivity index (χ0v) is 10.8. The number of rotatable bonds is 2. The molecule has 0 aliphatic rings. The Balaban J connectivity index is 2.50. The van der Waals surface area contributed by atoms with Crippen LogP contribution in [0.15, 0.2) is 36.4 Å². The van der Waals surface area contributed by atoms with Gasteiger partial charge in [0.25, 0.3) is 0 Å². The molecule has 0 aliphatic heterocycles. The van der Waals surface area contributed by atoms with Crippen LogP contribution in [0.3, 0.4) is 0 Å². The average Bonchev–Trinajstić information content (AvgIpc) is 2.29. The summed E-state index contributed by atoms with van der Waals surface area (Å²) in [5.41, 5.74) is 5.57. The molecular formula is C15H15ClO. The van der Waals surface area contributed by atoms with Gasteiger partial charge in [0.05, 0.1) is 6.61 Å². The minimum Gasteiger partial charge on any atom is -0.392 e. The van der Waals surface area contributed by atoms with Crippen molar-refractivity contribution in [3.8, 4) is 11.1 Å². The molecule has 0 unspecified atom stereocenters. The Bertz CT molecular complexity index is 506. The molecule has 0 spiro atoms. The smallest absolute Gasteiger partial charge is 0.0686 e. The number of aryl methyl sites for hydroxylation is 2. The first kappa shape index (κ1) is 12.2. The highest BCUT2D eigenvalue weighted by molar-refractivity contribution is 6.30. The van der Waals surface area contributed by atoms with Crippen molar-refractivity contribution in [1.29, 1.82) is 0 Å². The second-order valence-corrected chi connectivity index (χ2v) is 4.69. The lowest BCUT2D eigenvalue weighted by atomic mass is 9.96. The van der Waals surface area contributed by atoms with Crippen LogP contribution in [0.1, 0.15) is 16.7 Å². The molecule has 2 aromatic carbocycles. The Hall–Kier alpha value is -1.31. The van der Waals surface area contributed by atoms with Crippen molar-refractivity contribution in [2.75, 3.05) is 0 Å². The Morgan fingerprint density at radius 2 is 1.47 bits per heavy atom. The number of halogens is 1. The largest absolute Gasteiger partial charge is 0.392 e. The van der Waals surface area contributed by atoms with Crippen LogP contribution in [0.4, 0.5) is 0 Å². The fraction of sp³-hybridized carbons (Fsp3) is 0.200. The Kier molecular flexibility index (Phi) is 3.51. The van der Waals surface area contributed by atoms with E-state index >= 15 is 0 Å². The first-order valence-corrected chi connectivity index (χ1v) is 5.96. The molecule has 0 saturated heterocycles. The third kappa shape index (κ3) is 2.51. The molecule has 0 aromatic heterocycles. The average molecular weight is 247 g/mol. The fourth-order valence-electron chi connectivity index (χ4n) is 2.05. The molecule has 2 rings (SSSR count). The number of hydrogen-bond donors (Lipinski definition) is 1. The van der Waals surface area contributed by atoms with E-state index in [0.29, 0.717) is 0 Å². The molecule has 0 atom stereocenters. The van der Waals surface area contributed by atoms with Crippen LogP contribution in [0.2, 0.25) is 5.02 Å². The maximum atomic E-state index is 9.28. The Morgan fingerprint density at radius 3 is 1.94 bits per heavy atom. The molecule has 1 N–H and O–H groups in total. The lowest BCUT2D eigenvalue weighted by molar-refractivity contribution is 0.280. The van der Waals surface area contributed by atoms with Crippen molar-refractivity contribution in [3.05, 3.63) is 58.1 Å².